The van der Waals surface area contributed by atoms with E-state index in [-0.39, 0.29) is 124 Å². The van der Waals surface area contributed by atoms with Crippen LogP contribution in [-0.4, -0.2) is 80.7 Å². The molecule has 0 saturated heterocycles. The summed E-state index contributed by atoms with van der Waals surface area (Å²) in [6, 6.07) is 10.5. The number of nitrogens with one attached hydrogen (secondary N) is 4. The number of esters is 1. The van der Waals surface area contributed by atoms with E-state index in [4.69, 9.17) is 9.72 Å². The van der Waals surface area contributed by atoms with Gasteiger partial charge in [-0.2, -0.15) is 0 Å². The molecule has 1 aliphatic carbocycles. The molecule has 0 saturated carbocycles. The minimum atomic E-state index is -2.03. The fourth-order valence-electron chi connectivity index (χ4n) is 9.94. The second-order valence-corrected chi connectivity index (χ2v) is 19.1. The highest BCUT2D eigenvalue weighted by atomic mass is 19.1. The average Bonchev–Trinajstić information content (AvgIpc) is 3.73. The highest BCUT2D eigenvalue weighted by Crippen LogP contribution is 2.46. The van der Waals surface area contributed by atoms with Crippen LogP contribution in [0.15, 0.2) is 47.3 Å². The Hall–Kier alpha value is -6.95. The quantitative estimate of drug-likeness (QED) is 0.0383. The van der Waals surface area contributed by atoms with Crippen molar-refractivity contribution in [1.82, 2.24) is 30.8 Å². The van der Waals surface area contributed by atoms with Gasteiger partial charge in [0.2, 0.25) is 23.6 Å². The molecule has 5 N–H and O–H groups in total. The van der Waals surface area contributed by atoms with Crippen LogP contribution in [0.1, 0.15) is 149 Å². The average molecular weight is 991 g/mol. The summed E-state index contributed by atoms with van der Waals surface area (Å²) < 4.78 is 22.1. The molecule has 4 aromatic rings. The van der Waals surface area contributed by atoms with E-state index in [0.717, 1.165) is 36.0 Å². The van der Waals surface area contributed by atoms with Crippen LogP contribution in [0, 0.1) is 12.7 Å². The maximum Gasteiger partial charge on any atom is 0.343 e. The SMILES string of the molecule is CC[C@@]1(O)C(=O)OCc2c1cc1n(c2=O)Cc2c-1nc1cc(F)c(C)c3c1c2[C@@H](NC(=O)CCCNC(=O)CCC(=O)[C@H](Cc1ccccc1)NC(=O)CCC(=O)CNC(=O)CCCCCCC(C)=O)CC3. The number of ketones is 3. The Kier molecular flexibility index (Phi) is 17.3. The molecule has 3 aliphatic rings. The summed E-state index contributed by atoms with van der Waals surface area (Å²) in [4.78, 5) is 120. The van der Waals surface area contributed by atoms with Gasteiger partial charge in [-0.25, -0.2) is 14.2 Å². The molecule has 7 rings (SSSR count). The number of hydrogen-bond acceptors (Lipinski definition) is 12. The first-order chi connectivity index (χ1) is 34.5. The number of aliphatic hydroxyl groups is 1. The van der Waals surface area contributed by atoms with Gasteiger partial charge in [0.1, 0.15) is 18.2 Å². The molecule has 18 heteroatoms. The molecule has 4 heterocycles. The number of aryl methyl sites for hydroxylation is 1. The van der Waals surface area contributed by atoms with Gasteiger partial charge in [0.15, 0.2) is 17.2 Å². The second kappa shape index (κ2) is 23.5. The lowest BCUT2D eigenvalue weighted by Gasteiger charge is -2.31. The summed E-state index contributed by atoms with van der Waals surface area (Å²) in [5, 5.41) is 23.3. The van der Waals surface area contributed by atoms with Crippen LogP contribution in [0.25, 0.3) is 22.3 Å². The molecule has 0 unspecified atom stereocenters. The number of fused-ring (bicyclic) bond motifs is 5. The fraction of sp³-hybridized carbons (Fsp3) is 0.481. The summed E-state index contributed by atoms with van der Waals surface area (Å²) in [7, 11) is 0. The molecule has 2 aromatic carbocycles. The third-order valence-electron chi connectivity index (χ3n) is 14.0. The predicted molar refractivity (Wildman–Crippen MR) is 263 cm³/mol. The Labute approximate surface area is 416 Å². The van der Waals surface area contributed by atoms with Gasteiger partial charge in [0.05, 0.1) is 47.6 Å². The van der Waals surface area contributed by atoms with Crippen molar-refractivity contribution in [2.45, 2.75) is 154 Å². The topological polar surface area (TPSA) is 249 Å². The summed E-state index contributed by atoms with van der Waals surface area (Å²) in [6.45, 7) is 4.60. The Morgan fingerprint density at radius 2 is 1.56 bits per heavy atom. The standard InChI is InChI=1S/C54H63FN6O11/c1-4-54(71)38-26-43-51-36(29-61(43)52(69)37(38)30-72-53(54)70)50-40(20-19-35-32(3)39(55)27-42(60-51)49(35)50)58-47(67)17-12-24-56-46(66)23-21-44(64)41(25-33-14-9-7-10-15-33)59-48(68)22-18-34(63)28-57-45(65)16-11-6-5-8-13-31(2)62/h7,9-10,14-15,26-27,40-41,71H,4-6,8,11-13,16-25,28-30H2,1-3H3,(H,56,66)(H,57,65)(H,58,67)(H,59,68)/t40-,41-,54-/m0/s1. The van der Waals surface area contributed by atoms with Crippen molar-refractivity contribution in [3.8, 4) is 11.4 Å². The number of pyridine rings is 2. The van der Waals surface area contributed by atoms with E-state index in [2.05, 4.69) is 21.3 Å². The minimum absolute atomic E-state index is 0.0284. The monoisotopic (exact) mass is 990 g/mol. The van der Waals surface area contributed by atoms with Gasteiger partial charge >= 0.3 is 5.97 Å². The molecule has 72 heavy (non-hydrogen) atoms. The Morgan fingerprint density at radius 3 is 2.29 bits per heavy atom. The van der Waals surface area contributed by atoms with E-state index in [0.29, 0.717) is 59.1 Å². The van der Waals surface area contributed by atoms with E-state index in [1.807, 2.05) is 18.2 Å². The fourth-order valence-corrected chi connectivity index (χ4v) is 9.94. The number of rotatable bonds is 25. The number of halogens is 1. The maximum atomic E-state index is 15.4. The number of nitrogens with zero attached hydrogens (tertiary/aromatic N) is 2. The minimum Gasteiger partial charge on any atom is -0.458 e. The lowest BCUT2D eigenvalue weighted by Crippen LogP contribution is -2.44. The van der Waals surface area contributed by atoms with Gasteiger partial charge < -0.3 is 40.5 Å². The van der Waals surface area contributed by atoms with Gasteiger partial charge in [-0.15, -0.1) is 0 Å². The van der Waals surface area contributed by atoms with Gasteiger partial charge in [-0.05, 0) is 87.1 Å². The van der Waals surface area contributed by atoms with Gasteiger partial charge in [-0.1, -0.05) is 50.1 Å². The molecule has 2 aliphatic heterocycles. The number of unbranched alkanes of at least 4 members (excludes halogenated alkanes) is 3. The van der Waals surface area contributed by atoms with Gasteiger partial charge in [-0.3, -0.25) is 33.6 Å². The molecule has 17 nitrogen and oxygen atoms in total. The van der Waals surface area contributed by atoms with Crippen LogP contribution in [0.2, 0.25) is 0 Å². The zero-order chi connectivity index (χ0) is 51.7. The van der Waals surface area contributed by atoms with Gasteiger partial charge in [0.25, 0.3) is 5.56 Å². The normalized spacial score (nSPS) is 16.7. The smallest absolute Gasteiger partial charge is 0.343 e. The van der Waals surface area contributed by atoms with Crippen LogP contribution in [0.5, 0.6) is 0 Å². The van der Waals surface area contributed by atoms with E-state index in [1.54, 1.807) is 39.0 Å². The van der Waals surface area contributed by atoms with Crippen molar-refractivity contribution >= 4 is 57.9 Å². The number of Topliss-reactive ketones (excluding diaryl/α,β-unsaturated/α-hetero) is 3. The van der Waals surface area contributed by atoms with Gasteiger partial charge in [0, 0.05) is 74.1 Å². The molecule has 0 radical (unpaired) electrons. The van der Waals surface area contributed by atoms with Crippen LogP contribution in [0.4, 0.5) is 4.39 Å². The molecular weight excluding hydrogens is 928 g/mol. The Morgan fingerprint density at radius 1 is 0.847 bits per heavy atom. The third kappa shape index (κ3) is 12.2. The number of aromatic nitrogens is 2. The molecule has 0 bridgehead atoms. The van der Waals surface area contributed by atoms with E-state index in [1.165, 1.54) is 10.6 Å². The van der Waals surface area contributed by atoms with E-state index >= 15 is 4.39 Å². The number of amides is 4. The summed E-state index contributed by atoms with van der Waals surface area (Å²) in [5.74, 6) is -3.35. The maximum absolute atomic E-state index is 15.4. The molecule has 4 amide bonds. The largest absolute Gasteiger partial charge is 0.458 e. The van der Waals surface area contributed by atoms with Crippen LogP contribution >= 0.6 is 0 Å². The van der Waals surface area contributed by atoms with Crippen molar-refractivity contribution in [3.05, 3.63) is 97.6 Å². The summed E-state index contributed by atoms with van der Waals surface area (Å²) in [5.41, 5.74) is 2.40. The third-order valence-corrected chi connectivity index (χ3v) is 14.0. The highest BCUT2D eigenvalue weighted by Gasteiger charge is 2.46. The van der Waals surface area contributed by atoms with Crippen molar-refractivity contribution in [1.29, 1.82) is 0 Å². The number of carbonyl (C=O) groups is 8. The highest BCUT2D eigenvalue weighted by molar-refractivity contribution is 5.95. The first-order valence-electron chi connectivity index (χ1n) is 25.0. The van der Waals surface area contributed by atoms with Crippen LogP contribution in [0.3, 0.4) is 0 Å². The molecule has 0 spiro atoms. The zero-order valence-electron chi connectivity index (χ0n) is 41.1. The number of cyclic esters (lactones) is 1. The van der Waals surface area contributed by atoms with Crippen LogP contribution in [-0.2, 0) is 74.7 Å². The van der Waals surface area contributed by atoms with Crippen molar-refractivity contribution < 1.29 is 52.6 Å². The number of hydrogen-bond donors (Lipinski definition) is 5. The molecular formula is C54H63FN6O11. The molecule has 382 valence electrons. The predicted octanol–water partition coefficient (Wildman–Crippen LogP) is 5.00. The first kappa shape index (κ1) is 52.9. The number of benzene rings is 2. The molecule has 3 atom stereocenters. The zero-order valence-corrected chi connectivity index (χ0v) is 41.1. The van der Waals surface area contributed by atoms with E-state index in [9.17, 15) is 48.3 Å². The lowest BCUT2D eigenvalue weighted by atomic mass is 9.81. The van der Waals surface area contributed by atoms with Crippen molar-refractivity contribution in [2.24, 2.45) is 0 Å². The molecule has 2 aromatic heterocycles. The van der Waals surface area contributed by atoms with Crippen LogP contribution < -0.4 is 26.8 Å². The number of carbonyl (C=O) groups excluding carboxylic acids is 8. The first-order valence-corrected chi connectivity index (χ1v) is 25.0. The summed E-state index contributed by atoms with van der Waals surface area (Å²) >= 11 is 0. The Bertz CT molecular complexity index is 2860. The Balaban J connectivity index is 0.905. The van der Waals surface area contributed by atoms with Crippen molar-refractivity contribution in [3.63, 3.8) is 0 Å². The second-order valence-electron chi connectivity index (χ2n) is 19.1. The molecule has 0 fully saturated rings. The van der Waals surface area contributed by atoms with E-state index < -0.39 is 46.8 Å². The lowest BCUT2D eigenvalue weighted by molar-refractivity contribution is -0.172. The summed E-state index contributed by atoms with van der Waals surface area (Å²) in [6.07, 6.45) is 4.55. The number of ether oxygens (including phenoxy) is 1. The van der Waals surface area contributed by atoms with Crippen molar-refractivity contribution in [2.75, 3.05) is 13.1 Å².